The molecular formula is C23H20FNO5. The molecule has 3 rings (SSSR count). The first-order chi connectivity index (χ1) is 14.5. The van der Waals surface area contributed by atoms with E-state index >= 15 is 0 Å². The Bertz CT molecular complexity index is 1040. The van der Waals surface area contributed by atoms with E-state index in [0.29, 0.717) is 17.0 Å². The fourth-order valence-corrected chi connectivity index (χ4v) is 2.77. The smallest absolute Gasteiger partial charge is 0.342 e. The van der Waals surface area contributed by atoms with Crippen LogP contribution in [0.3, 0.4) is 0 Å². The highest BCUT2D eigenvalue weighted by Crippen LogP contribution is 2.25. The Balaban J connectivity index is 1.85. The van der Waals surface area contributed by atoms with Crippen molar-refractivity contribution in [1.82, 2.24) is 0 Å². The number of ether oxygens (including phenoxy) is 3. The Labute approximate surface area is 173 Å². The summed E-state index contributed by atoms with van der Waals surface area (Å²) >= 11 is 0. The maximum Gasteiger partial charge on any atom is 0.342 e. The molecule has 0 heterocycles. The van der Waals surface area contributed by atoms with Gasteiger partial charge >= 0.3 is 5.97 Å². The van der Waals surface area contributed by atoms with Gasteiger partial charge in [0.25, 0.3) is 5.91 Å². The zero-order valence-corrected chi connectivity index (χ0v) is 16.4. The van der Waals surface area contributed by atoms with Gasteiger partial charge in [-0.1, -0.05) is 36.4 Å². The summed E-state index contributed by atoms with van der Waals surface area (Å²) in [5.74, 6) is -1.54. The lowest BCUT2D eigenvalue weighted by molar-refractivity contribution is -0.125. The second-order valence-corrected chi connectivity index (χ2v) is 6.26. The number of halogens is 1. The number of anilines is 1. The van der Waals surface area contributed by atoms with E-state index in [-0.39, 0.29) is 11.3 Å². The molecule has 0 aliphatic rings. The molecule has 3 aromatic rings. The summed E-state index contributed by atoms with van der Waals surface area (Å²) in [7, 11) is 2.90. The molecule has 3 aromatic carbocycles. The molecule has 1 N–H and O–H groups in total. The third kappa shape index (κ3) is 4.94. The van der Waals surface area contributed by atoms with E-state index in [0.717, 1.165) is 6.07 Å². The average Bonchev–Trinajstić information content (AvgIpc) is 2.77. The van der Waals surface area contributed by atoms with Gasteiger partial charge in [0.2, 0.25) is 6.10 Å². The van der Waals surface area contributed by atoms with Gasteiger partial charge in [0.15, 0.2) is 0 Å². The largest absolute Gasteiger partial charge is 0.497 e. The first-order valence-electron chi connectivity index (χ1n) is 9.06. The van der Waals surface area contributed by atoms with Crippen molar-refractivity contribution >= 4 is 17.6 Å². The molecule has 6 nitrogen and oxygen atoms in total. The zero-order valence-electron chi connectivity index (χ0n) is 16.4. The normalized spacial score (nSPS) is 11.3. The van der Waals surface area contributed by atoms with Crippen molar-refractivity contribution in [3.63, 3.8) is 0 Å². The van der Waals surface area contributed by atoms with Gasteiger partial charge in [0.05, 0.1) is 19.8 Å². The highest BCUT2D eigenvalue weighted by atomic mass is 19.1. The number of amides is 1. The van der Waals surface area contributed by atoms with Crippen LogP contribution in [0.15, 0.2) is 72.8 Å². The summed E-state index contributed by atoms with van der Waals surface area (Å²) in [5, 5.41) is 2.69. The van der Waals surface area contributed by atoms with Gasteiger partial charge in [-0.2, -0.15) is 0 Å². The molecule has 0 bridgehead atoms. The molecule has 0 spiro atoms. The molecule has 0 unspecified atom stereocenters. The summed E-state index contributed by atoms with van der Waals surface area (Å²) in [6, 6.07) is 19.0. The molecule has 0 saturated heterocycles. The minimum Gasteiger partial charge on any atom is -0.497 e. The molecule has 0 aliphatic carbocycles. The van der Waals surface area contributed by atoms with Crippen LogP contribution in [0.5, 0.6) is 11.5 Å². The van der Waals surface area contributed by atoms with Gasteiger partial charge in [0.1, 0.15) is 17.3 Å². The molecule has 1 atom stereocenters. The number of carbonyl (C=O) groups excluding carboxylic acids is 2. The predicted octanol–water partition coefficient (Wildman–Crippen LogP) is 4.38. The van der Waals surface area contributed by atoms with Gasteiger partial charge in [-0.05, 0) is 24.3 Å². The van der Waals surface area contributed by atoms with Gasteiger partial charge < -0.3 is 19.5 Å². The summed E-state index contributed by atoms with van der Waals surface area (Å²) < 4.78 is 29.8. The van der Waals surface area contributed by atoms with E-state index in [4.69, 9.17) is 14.2 Å². The quantitative estimate of drug-likeness (QED) is 0.586. The second kappa shape index (κ2) is 9.56. The molecular weight excluding hydrogens is 389 g/mol. The molecule has 7 heteroatoms. The van der Waals surface area contributed by atoms with Crippen LogP contribution in [0.25, 0.3) is 0 Å². The molecule has 30 heavy (non-hydrogen) atoms. The Morgan fingerprint density at radius 3 is 2.23 bits per heavy atom. The lowest BCUT2D eigenvalue weighted by Crippen LogP contribution is -2.26. The highest BCUT2D eigenvalue weighted by molar-refractivity contribution is 5.98. The average molecular weight is 409 g/mol. The van der Waals surface area contributed by atoms with Gasteiger partial charge in [-0.25, -0.2) is 9.18 Å². The van der Waals surface area contributed by atoms with Crippen molar-refractivity contribution < 1.29 is 28.2 Å². The van der Waals surface area contributed by atoms with Crippen LogP contribution >= 0.6 is 0 Å². The maximum absolute atomic E-state index is 14.3. The molecule has 0 radical (unpaired) electrons. The SMILES string of the molecule is COc1cccc(NC(=O)[C@@H](OC(=O)c2ccc(OC)cc2F)c2ccccc2)c1. The summed E-state index contributed by atoms with van der Waals surface area (Å²) in [4.78, 5) is 25.5. The lowest BCUT2D eigenvalue weighted by atomic mass is 10.1. The first-order valence-corrected chi connectivity index (χ1v) is 9.06. The number of hydrogen-bond acceptors (Lipinski definition) is 5. The van der Waals surface area contributed by atoms with Crippen LogP contribution in [-0.4, -0.2) is 26.1 Å². The van der Waals surface area contributed by atoms with E-state index in [1.165, 1.54) is 26.4 Å². The zero-order chi connectivity index (χ0) is 21.5. The molecule has 0 fully saturated rings. The van der Waals surface area contributed by atoms with E-state index < -0.39 is 23.8 Å². The minimum atomic E-state index is -1.29. The summed E-state index contributed by atoms with van der Waals surface area (Å²) in [6.45, 7) is 0. The lowest BCUT2D eigenvalue weighted by Gasteiger charge is -2.18. The first kappa shape index (κ1) is 20.9. The number of benzene rings is 3. The third-order valence-electron chi connectivity index (χ3n) is 4.30. The number of esters is 1. The number of carbonyl (C=O) groups is 2. The minimum absolute atomic E-state index is 0.263. The molecule has 0 aliphatic heterocycles. The van der Waals surface area contributed by atoms with Gasteiger partial charge in [-0.15, -0.1) is 0 Å². The van der Waals surface area contributed by atoms with Crippen LogP contribution in [0.1, 0.15) is 22.0 Å². The van der Waals surface area contributed by atoms with Crippen LogP contribution in [0.4, 0.5) is 10.1 Å². The maximum atomic E-state index is 14.3. The van der Waals surface area contributed by atoms with E-state index in [1.54, 1.807) is 54.6 Å². The molecule has 0 saturated carbocycles. The summed E-state index contributed by atoms with van der Waals surface area (Å²) in [5.41, 5.74) is 0.609. The molecule has 154 valence electrons. The predicted molar refractivity (Wildman–Crippen MR) is 109 cm³/mol. The number of rotatable bonds is 7. The molecule has 0 aromatic heterocycles. The standard InChI is InChI=1S/C23H20FNO5/c1-28-17-10-6-9-16(13-17)25-22(26)21(15-7-4-3-5-8-15)30-23(27)19-12-11-18(29-2)14-20(19)24/h3-14,21H,1-2H3,(H,25,26)/t21-/m0/s1. The Kier molecular flexibility index (Phi) is 6.64. The van der Waals surface area contributed by atoms with Crippen LogP contribution < -0.4 is 14.8 Å². The highest BCUT2D eigenvalue weighted by Gasteiger charge is 2.27. The monoisotopic (exact) mass is 409 g/mol. The summed E-state index contributed by atoms with van der Waals surface area (Å²) in [6.07, 6.45) is -1.29. The van der Waals surface area contributed by atoms with Crippen LogP contribution in [0, 0.1) is 5.82 Å². The van der Waals surface area contributed by atoms with E-state index in [9.17, 15) is 14.0 Å². The Hall–Kier alpha value is -3.87. The van der Waals surface area contributed by atoms with Crippen LogP contribution in [0.2, 0.25) is 0 Å². The van der Waals surface area contributed by atoms with Crippen molar-refractivity contribution in [2.45, 2.75) is 6.10 Å². The number of nitrogens with one attached hydrogen (secondary N) is 1. The number of hydrogen-bond donors (Lipinski definition) is 1. The topological polar surface area (TPSA) is 73.9 Å². The van der Waals surface area contributed by atoms with Gasteiger partial charge in [-0.3, -0.25) is 4.79 Å². The Morgan fingerprint density at radius 1 is 0.867 bits per heavy atom. The Morgan fingerprint density at radius 2 is 1.57 bits per heavy atom. The number of methoxy groups -OCH3 is 2. The van der Waals surface area contributed by atoms with Crippen molar-refractivity contribution in [1.29, 1.82) is 0 Å². The third-order valence-corrected chi connectivity index (χ3v) is 4.30. The van der Waals surface area contributed by atoms with Crippen molar-refractivity contribution in [2.24, 2.45) is 0 Å². The van der Waals surface area contributed by atoms with Crippen molar-refractivity contribution in [3.8, 4) is 11.5 Å². The van der Waals surface area contributed by atoms with Crippen LogP contribution in [-0.2, 0) is 9.53 Å². The van der Waals surface area contributed by atoms with Crippen molar-refractivity contribution in [2.75, 3.05) is 19.5 Å². The van der Waals surface area contributed by atoms with E-state index in [2.05, 4.69) is 5.32 Å². The van der Waals surface area contributed by atoms with Crippen molar-refractivity contribution in [3.05, 3.63) is 89.7 Å². The molecule has 1 amide bonds. The fourth-order valence-electron chi connectivity index (χ4n) is 2.77. The second-order valence-electron chi connectivity index (χ2n) is 6.26. The van der Waals surface area contributed by atoms with E-state index in [1.807, 2.05) is 0 Å². The fraction of sp³-hybridized carbons (Fsp3) is 0.130. The van der Waals surface area contributed by atoms with Gasteiger partial charge in [0, 0.05) is 23.4 Å².